The van der Waals surface area contributed by atoms with Crippen molar-refractivity contribution in [1.29, 1.82) is 0 Å². The smallest absolute Gasteiger partial charge is 0.0274 e. The van der Waals surface area contributed by atoms with Gasteiger partial charge >= 0.3 is 0 Å². The highest BCUT2D eigenvalue weighted by atomic mass is 127. The number of hydrogen-bond donors (Lipinski definition) is 0. The standard InChI is InChI=1S/C5H8I/c1-2-3-4-5-6/h4-5H,1-3H2/b5-4+. The summed E-state index contributed by atoms with van der Waals surface area (Å²) < 4.78 is 2.02. The molecule has 0 bridgehead atoms. The van der Waals surface area contributed by atoms with Crippen molar-refractivity contribution < 1.29 is 0 Å². The zero-order valence-corrected chi connectivity index (χ0v) is 5.81. The Morgan fingerprint density at radius 2 is 2.33 bits per heavy atom. The van der Waals surface area contributed by atoms with Gasteiger partial charge in [-0.1, -0.05) is 35.6 Å². The molecule has 1 heteroatoms. The van der Waals surface area contributed by atoms with Crippen LogP contribution in [0.4, 0.5) is 0 Å². The minimum atomic E-state index is 1.01. The van der Waals surface area contributed by atoms with Crippen LogP contribution in [0, 0.1) is 6.92 Å². The summed E-state index contributed by atoms with van der Waals surface area (Å²) >= 11 is 2.20. The molecule has 0 amide bonds. The Labute approximate surface area is 52.8 Å². The van der Waals surface area contributed by atoms with Gasteiger partial charge in [0.25, 0.3) is 0 Å². The molecule has 0 N–H and O–H groups in total. The van der Waals surface area contributed by atoms with Crippen LogP contribution in [0.1, 0.15) is 12.8 Å². The van der Waals surface area contributed by atoms with Crippen molar-refractivity contribution in [3.05, 3.63) is 17.1 Å². The molecular formula is C5H8I. The van der Waals surface area contributed by atoms with E-state index in [1.165, 1.54) is 0 Å². The van der Waals surface area contributed by atoms with Crippen LogP contribution < -0.4 is 0 Å². The molecule has 0 aliphatic carbocycles. The van der Waals surface area contributed by atoms with Crippen molar-refractivity contribution in [1.82, 2.24) is 0 Å². The molecule has 0 atom stereocenters. The van der Waals surface area contributed by atoms with Crippen LogP contribution in [0.2, 0.25) is 0 Å². The lowest BCUT2D eigenvalue weighted by Crippen LogP contribution is -1.55. The number of allylic oxidation sites excluding steroid dienone is 1. The van der Waals surface area contributed by atoms with Gasteiger partial charge in [-0.2, -0.15) is 0 Å². The van der Waals surface area contributed by atoms with Gasteiger partial charge in [0.1, 0.15) is 0 Å². The van der Waals surface area contributed by atoms with Gasteiger partial charge in [-0.3, -0.25) is 0 Å². The third kappa shape index (κ3) is 4.47. The van der Waals surface area contributed by atoms with Gasteiger partial charge in [0.2, 0.25) is 0 Å². The monoisotopic (exact) mass is 195 g/mol. The lowest BCUT2D eigenvalue weighted by Gasteiger charge is -1.75. The molecule has 0 aromatic heterocycles. The SMILES string of the molecule is [CH2]CC/C=C/I. The zero-order valence-electron chi connectivity index (χ0n) is 3.65. The van der Waals surface area contributed by atoms with Gasteiger partial charge in [0, 0.05) is 0 Å². The third-order valence-electron chi connectivity index (χ3n) is 0.460. The highest BCUT2D eigenvalue weighted by Crippen LogP contribution is 1.90. The van der Waals surface area contributed by atoms with Crippen LogP contribution in [-0.2, 0) is 0 Å². The van der Waals surface area contributed by atoms with E-state index in [0.29, 0.717) is 0 Å². The van der Waals surface area contributed by atoms with Crippen LogP contribution >= 0.6 is 22.6 Å². The van der Waals surface area contributed by atoms with Crippen molar-refractivity contribution >= 4 is 22.6 Å². The quantitative estimate of drug-likeness (QED) is 0.594. The molecule has 35 valence electrons. The van der Waals surface area contributed by atoms with Gasteiger partial charge < -0.3 is 0 Å². The second-order valence-electron chi connectivity index (χ2n) is 1.00. The first-order valence-corrected chi connectivity index (χ1v) is 3.21. The Morgan fingerprint density at radius 3 is 2.50 bits per heavy atom. The third-order valence-corrected chi connectivity index (χ3v) is 0.968. The molecule has 0 spiro atoms. The van der Waals surface area contributed by atoms with E-state index >= 15 is 0 Å². The van der Waals surface area contributed by atoms with E-state index in [4.69, 9.17) is 0 Å². The van der Waals surface area contributed by atoms with E-state index < -0.39 is 0 Å². The van der Waals surface area contributed by atoms with Gasteiger partial charge in [-0.15, -0.1) is 0 Å². The van der Waals surface area contributed by atoms with E-state index in [2.05, 4.69) is 35.6 Å². The maximum atomic E-state index is 3.67. The fourth-order valence-corrected chi connectivity index (χ4v) is 0.540. The van der Waals surface area contributed by atoms with Crippen LogP contribution in [0.3, 0.4) is 0 Å². The van der Waals surface area contributed by atoms with Crippen molar-refractivity contribution in [2.24, 2.45) is 0 Å². The van der Waals surface area contributed by atoms with Crippen molar-refractivity contribution in [2.45, 2.75) is 12.8 Å². The number of rotatable bonds is 2. The summed E-state index contributed by atoms with van der Waals surface area (Å²) in [6.07, 6.45) is 4.23. The second kappa shape index (κ2) is 5.47. The molecule has 0 aromatic rings. The number of unbranched alkanes of at least 4 members (excludes halogenated alkanes) is 1. The molecule has 0 aliphatic rings. The van der Waals surface area contributed by atoms with Crippen LogP contribution in [-0.4, -0.2) is 0 Å². The molecule has 0 saturated heterocycles. The summed E-state index contributed by atoms with van der Waals surface area (Å²) in [5.41, 5.74) is 0. The van der Waals surface area contributed by atoms with Gasteiger partial charge in [-0.05, 0) is 16.9 Å². The van der Waals surface area contributed by atoms with Crippen molar-refractivity contribution in [3.63, 3.8) is 0 Å². The normalized spacial score (nSPS) is 10.3. The first-order valence-electron chi connectivity index (χ1n) is 1.96. The first kappa shape index (κ1) is 6.47. The van der Waals surface area contributed by atoms with E-state index in [1.54, 1.807) is 0 Å². The summed E-state index contributed by atoms with van der Waals surface area (Å²) in [6, 6.07) is 0. The van der Waals surface area contributed by atoms with E-state index in [9.17, 15) is 0 Å². The Kier molecular flexibility index (Phi) is 5.90. The largest absolute Gasteiger partial charge is 0.0785 e. The number of halogens is 1. The van der Waals surface area contributed by atoms with Crippen LogP contribution in [0.5, 0.6) is 0 Å². The average Bonchev–Trinajstić information content (AvgIpc) is 1.61. The summed E-state index contributed by atoms with van der Waals surface area (Å²) in [5, 5.41) is 0. The molecule has 0 unspecified atom stereocenters. The average molecular weight is 195 g/mol. The molecule has 0 heterocycles. The minimum absolute atomic E-state index is 1.01. The van der Waals surface area contributed by atoms with Gasteiger partial charge in [0.15, 0.2) is 0 Å². The topological polar surface area (TPSA) is 0 Å². The Balaban J connectivity index is 2.66. The summed E-state index contributed by atoms with van der Waals surface area (Å²) in [5.74, 6) is 0. The van der Waals surface area contributed by atoms with E-state index in [-0.39, 0.29) is 0 Å². The molecule has 0 nitrogen and oxygen atoms in total. The zero-order chi connectivity index (χ0) is 4.83. The Bertz CT molecular complexity index is 39.2. The lowest BCUT2D eigenvalue weighted by molar-refractivity contribution is 1.05. The van der Waals surface area contributed by atoms with Crippen LogP contribution in [0.15, 0.2) is 10.2 Å². The minimum Gasteiger partial charge on any atom is -0.0785 e. The second-order valence-corrected chi connectivity index (χ2v) is 1.72. The van der Waals surface area contributed by atoms with Gasteiger partial charge in [0.05, 0.1) is 0 Å². The molecule has 0 fully saturated rings. The molecule has 0 aromatic carbocycles. The maximum Gasteiger partial charge on any atom is -0.0274 e. The maximum absolute atomic E-state index is 3.67. The van der Waals surface area contributed by atoms with Crippen molar-refractivity contribution in [2.75, 3.05) is 0 Å². The first-order chi connectivity index (χ1) is 2.91. The summed E-state index contributed by atoms with van der Waals surface area (Å²) in [6.45, 7) is 3.67. The molecule has 1 radical (unpaired) electrons. The molecule has 0 saturated carbocycles. The highest BCUT2D eigenvalue weighted by Gasteiger charge is 1.65. The molecule has 6 heavy (non-hydrogen) atoms. The Hall–Kier alpha value is 0.470. The Morgan fingerprint density at radius 1 is 1.67 bits per heavy atom. The van der Waals surface area contributed by atoms with E-state index in [0.717, 1.165) is 12.8 Å². The molecule has 0 aliphatic heterocycles. The lowest BCUT2D eigenvalue weighted by atomic mass is 10.3. The van der Waals surface area contributed by atoms with E-state index in [1.807, 2.05) is 4.08 Å². The summed E-state index contributed by atoms with van der Waals surface area (Å²) in [7, 11) is 0. The summed E-state index contributed by atoms with van der Waals surface area (Å²) in [4.78, 5) is 0. The van der Waals surface area contributed by atoms with Crippen LogP contribution in [0.25, 0.3) is 0 Å². The fourth-order valence-electron chi connectivity index (χ4n) is 0.181. The van der Waals surface area contributed by atoms with Gasteiger partial charge in [-0.25, -0.2) is 0 Å². The van der Waals surface area contributed by atoms with Crippen molar-refractivity contribution in [3.8, 4) is 0 Å². The predicted molar refractivity (Wildman–Crippen MR) is 37.8 cm³/mol. The molecular weight excluding hydrogens is 187 g/mol. The predicted octanol–water partition coefficient (Wildman–Crippen LogP) is 2.55. The highest BCUT2D eigenvalue weighted by molar-refractivity contribution is 14.1. The molecule has 0 rings (SSSR count). The fraction of sp³-hybridized carbons (Fsp3) is 0.400. The number of hydrogen-bond acceptors (Lipinski definition) is 0.